The van der Waals surface area contributed by atoms with Crippen LogP contribution in [-0.2, 0) is 0 Å². The molecule has 1 saturated carbocycles. The fraction of sp³-hybridized carbons (Fsp3) is 0.571. The number of carbonyl (C=O) groups excluding carboxylic acids is 1. The molecule has 0 aliphatic heterocycles. The van der Waals surface area contributed by atoms with Crippen molar-refractivity contribution in [3.05, 3.63) is 33.7 Å². The molecular weight excluding hydrogens is 308 g/mol. The number of amides is 1. The number of aryl methyl sites for hydroxylation is 1. The quantitative estimate of drug-likeness (QED) is 0.648. The summed E-state index contributed by atoms with van der Waals surface area (Å²) in [5, 5.41) is 2.98. The van der Waals surface area contributed by atoms with E-state index < -0.39 is 0 Å². The van der Waals surface area contributed by atoms with Crippen LogP contribution >= 0.6 is 15.9 Å². The van der Waals surface area contributed by atoms with Crippen molar-refractivity contribution >= 4 is 21.8 Å². The van der Waals surface area contributed by atoms with Gasteiger partial charge in [0.1, 0.15) is 5.56 Å². The van der Waals surface area contributed by atoms with Gasteiger partial charge in [0, 0.05) is 28.8 Å². The van der Waals surface area contributed by atoms with E-state index in [1.807, 2.05) is 0 Å². The summed E-state index contributed by atoms with van der Waals surface area (Å²) in [6, 6.07) is 1.56. The molecule has 0 radical (unpaired) electrons. The number of halogens is 1. The Morgan fingerprint density at radius 3 is 2.84 bits per heavy atom. The molecule has 1 aromatic rings. The largest absolute Gasteiger partial charge is 0.364 e. The van der Waals surface area contributed by atoms with E-state index in [2.05, 4.69) is 26.2 Å². The van der Waals surface area contributed by atoms with E-state index in [4.69, 9.17) is 0 Å². The zero-order valence-electron chi connectivity index (χ0n) is 11.0. The summed E-state index contributed by atoms with van der Waals surface area (Å²) in [5.74, 6) is -0.280. The molecule has 1 aliphatic rings. The van der Waals surface area contributed by atoms with Crippen LogP contribution in [0.15, 0.2) is 17.1 Å². The molecule has 2 unspecified atom stereocenters. The van der Waals surface area contributed by atoms with E-state index in [1.165, 1.54) is 25.1 Å². The fourth-order valence-corrected chi connectivity index (χ4v) is 3.14. The minimum atomic E-state index is -0.280. The number of H-pyrrole nitrogens is 1. The molecule has 104 valence electrons. The van der Waals surface area contributed by atoms with E-state index >= 15 is 0 Å². The number of hydrogen-bond acceptors (Lipinski definition) is 2. The lowest BCUT2D eigenvalue weighted by Crippen LogP contribution is -2.41. The van der Waals surface area contributed by atoms with Crippen LogP contribution in [0.4, 0.5) is 0 Å². The highest BCUT2D eigenvalue weighted by Gasteiger charge is 2.24. The summed E-state index contributed by atoms with van der Waals surface area (Å²) in [6.07, 6.45) is 7.04. The highest BCUT2D eigenvalue weighted by Crippen LogP contribution is 2.23. The summed E-state index contributed by atoms with van der Waals surface area (Å²) in [4.78, 5) is 27.1. The molecule has 0 bridgehead atoms. The van der Waals surface area contributed by atoms with Crippen molar-refractivity contribution in [1.82, 2.24) is 10.3 Å². The average molecular weight is 327 g/mol. The van der Waals surface area contributed by atoms with Gasteiger partial charge in [0.05, 0.1) is 0 Å². The molecule has 1 aliphatic carbocycles. The molecule has 2 atom stereocenters. The molecular formula is C14H19BrN2O2. The van der Waals surface area contributed by atoms with Crippen LogP contribution in [0.1, 0.15) is 48.2 Å². The zero-order chi connectivity index (χ0) is 13.8. The highest BCUT2D eigenvalue weighted by atomic mass is 79.9. The predicted octanol–water partition coefficient (Wildman–Crippen LogP) is 2.51. The van der Waals surface area contributed by atoms with Crippen LogP contribution in [0.5, 0.6) is 0 Å². The Hall–Kier alpha value is -1.10. The standard InChI is InChI=1S/C14H19BrN2O2/c1-9-7-13(18)10(8-16-9)14(19)17-12-6-4-2-3-5-11(12)15/h7-8,11-12H,2-6H2,1H3,(H,16,18)(H,17,19). The first-order valence-electron chi connectivity index (χ1n) is 6.72. The monoisotopic (exact) mass is 326 g/mol. The maximum Gasteiger partial charge on any atom is 0.256 e. The van der Waals surface area contributed by atoms with Gasteiger partial charge in [-0.2, -0.15) is 0 Å². The lowest BCUT2D eigenvalue weighted by Gasteiger charge is -2.21. The summed E-state index contributed by atoms with van der Waals surface area (Å²) in [5.41, 5.74) is 0.720. The zero-order valence-corrected chi connectivity index (χ0v) is 12.6. The predicted molar refractivity (Wildman–Crippen MR) is 78.9 cm³/mol. The van der Waals surface area contributed by atoms with Crippen molar-refractivity contribution in [1.29, 1.82) is 0 Å². The maximum absolute atomic E-state index is 12.2. The van der Waals surface area contributed by atoms with Gasteiger partial charge in [-0.05, 0) is 19.8 Å². The first kappa shape index (κ1) is 14.3. The molecule has 2 N–H and O–H groups in total. The van der Waals surface area contributed by atoms with E-state index in [0.29, 0.717) is 4.83 Å². The Morgan fingerprint density at radius 2 is 2.11 bits per heavy atom. The number of rotatable bonds is 2. The molecule has 0 saturated heterocycles. The summed E-state index contributed by atoms with van der Waals surface area (Å²) in [7, 11) is 0. The van der Waals surface area contributed by atoms with Crippen molar-refractivity contribution < 1.29 is 4.79 Å². The normalized spacial score (nSPS) is 23.7. The van der Waals surface area contributed by atoms with Gasteiger partial charge >= 0.3 is 0 Å². The number of carbonyl (C=O) groups is 1. The number of hydrogen-bond donors (Lipinski definition) is 2. The summed E-state index contributed by atoms with van der Waals surface area (Å²) >= 11 is 3.64. The van der Waals surface area contributed by atoms with Crippen LogP contribution in [0.2, 0.25) is 0 Å². The lowest BCUT2D eigenvalue weighted by atomic mass is 10.1. The van der Waals surface area contributed by atoms with Gasteiger partial charge < -0.3 is 10.3 Å². The second-order valence-electron chi connectivity index (χ2n) is 5.13. The molecule has 4 nitrogen and oxygen atoms in total. The third kappa shape index (κ3) is 3.69. The van der Waals surface area contributed by atoms with Gasteiger partial charge in [-0.15, -0.1) is 0 Å². The maximum atomic E-state index is 12.2. The van der Waals surface area contributed by atoms with Gasteiger partial charge in [0.2, 0.25) is 0 Å². The smallest absolute Gasteiger partial charge is 0.256 e. The average Bonchev–Trinajstić information content (AvgIpc) is 2.55. The van der Waals surface area contributed by atoms with E-state index in [9.17, 15) is 9.59 Å². The Balaban J connectivity index is 2.09. The SMILES string of the molecule is Cc1cc(=O)c(C(=O)NC2CCCCCC2Br)c[nH]1. The van der Waals surface area contributed by atoms with Crippen LogP contribution in [-0.4, -0.2) is 21.8 Å². The Morgan fingerprint density at radius 1 is 1.37 bits per heavy atom. The number of alkyl halides is 1. The topological polar surface area (TPSA) is 62.0 Å². The second kappa shape index (κ2) is 6.37. The first-order chi connectivity index (χ1) is 9.08. The fourth-order valence-electron chi connectivity index (χ4n) is 2.42. The molecule has 2 rings (SSSR count). The van der Waals surface area contributed by atoms with Crippen molar-refractivity contribution in [2.75, 3.05) is 0 Å². The molecule has 1 heterocycles. The molecule has 0 spiro atoms. The Kier molecular flexibility index (Phi) is 4.80. The molecule has 1 fully saturated rings. The van der Waals surface area contributed by atoms with Gasteiger partial charge in [-0.3, -0.25) is 9.59 Å². The van der Waals surface area contributed by atoms with Gasteiger partial charge in [-0.25, -0.2) is 0 Å². The van der Waals surface area contributed by atoms with Crippen LogP contribution in [0, 0.1) is 6.92 Å². The minimum Gasteiger partial charge on any atom is -0.364 e. The van der Waals surface area contributed by atoms with Crippen molar-refractivity contribution in [3.63, 3.8) is 0 Å². The third-order valence-corrected chi connectivity index (χ3v) is 4.65. The number of aromatic amines is 1. The third-order valence-electron chi connectivity index (χ3n) is 3.55. The molecule has 5 heteroatoms. The van der Waals surface area contributed by atoms with E-state index in [-0.39, 0.29) is 22.9 Å². The van der Waals surface area contributed by atoms with Crippen molar-refractivity contribution in [2.45, 2.75) is 49.9 Å². The van der Waals surface area contributed by atoms with Crippen LogP contribution in [0.3, 0.4) is 0 Å². The first-order valence-corrected chi connectivity index (χ1v) is 7.64. The van der Waals surface area contributed by atoms with Gasteiger partial charge in [0.15, 0.2) is 5.43 Å². The summed E-state index contributed by atoms with van der Waals surface area (Å²) in [6.45, 7) is 1.79. The number of pyridine rings is 1. The van der Waals surface area contributed by atoms with Crippen molar-refractivity contribution in [2.24, 2.45) is 0 Å². The number of aromatic nitrogens is 1. The van der Waals surface area contributed by atoms with Crippen LogP contribution < -0.4 is 10.7 Å². The van der Waals surface area contributed by atoms with Gasteiger partial charge in [-0.1, -0.05) is 35.2 Å². The number of nitrogens with one attached hydrogen (secondary N) is 2. The van der Waals surface area contributed by atoms with E-state index in [1.54, 1.807) is 6.92 Å². The minimum absolute atomic E-state index is 0.107. The highest BCUT2D eigenvalue weighted by molar-refractivity contribution is 9.09. The van der Waals surface area contributed by atoms with Crippen LogP contribution in [0.25, 0.3) is 0 Å². The lowest BCUT2D eigenvalue weighted by molar-refractivity contribution is 0.0933. The molecule has 1 amide bonds. The Labute approximate surface area is 121 Å². The second-order valence-corrected chi connectivity index (χ2v) is 6.30. The molecule has 19 heavy (non-hydrogen) atoms. The van der Waals surface area contributed by atoms with E-state index in [0.717, 1.165) is 25.0 Å². The molecule has 0 aromatic carbocycles. The Bertz CT molecular complexity index is 512. The summed E-state index contributed by atoms with van der Waals surface area (Å²) < 4.78 is 0. The molecule has 1 aromatic heterocycles. The van der Waals surface area contributed by atoms with Crippen molar-refractivity contribution in [3.8, 4) is 0 Å². The van der Waals surface area contributed by atoms with Gasteiger partial charge in [0.25, 0.3) is 5.91 Å².